The summed E-state index contributed by atoms with van der Waals surface area (Å²) >= 11 is 0. The van der Waals surface area contributed by atoms with Crippen LogP contribution in [0.2, 0.25) is 0 Å². The lowest BCUT2D eigenvalue weighted by Gasteiger charge is -2.07. The van der Waals surface area contributed by atoms with Gasteiger partial charge >= 0.3 is 6.18 Å². The molecule has 2 heterocycles. The van der Waals surface area contributed by atoms with Gasteiger partial charge in [-0.3, -0.25) is 4.98 Å². The molecule has 3 rings (SSSR count). The van der Waals surface area contributed by atoms with Gasteiger partial charge in [-0.15, -0.1) is 0 Å². The Kier molecular flexibility index (Phi) is 4.11. The third-order valence-corrected chi connectivity index (χ3v) is 4.61. The van der Waals surface area contributed by atoms with Gasteiger partial charge in [0.05, 0.1) is 10.6 Å². The van der Waals surface area contributed by atoms with Crippen LogP contribution in [-0.2, 0) is 16.0 Å². The third-order valence-electron chi connectivity index (χ3n) is 3.48. The Labute approximate surface area is 141 Å². The molecular weight excluding hydrogens is 355 g/mol. The molecule has 0 atom stereocenters. The number of alkyl halides is 3. The number of aromatic amines is 1. The van der Waals surface area contributed by atoms with Crippen LogP contribution in [-0.4, -0.2) is 29.6 Å². The van der Waals surface area contributed by atoms with Crippen molar-refractivity contribution in [2.45, 2.75) is 11.1 Å². The lowest BCUT2D eigenvalue weighted by molar-refractivity contribution is -0.140. The highest BCUT2D eigenvalue weighted by atomic mass is 32.2. The van der Waals surface area contributed by atoms with E-state index < -0.39 is 21.7 Å². The van der Waals surface area contributed by atoms with Gasteiger partial charge in [0.15, 0.2) is 15.5 Å². The Morgan fingerprint density at radius 1 is 1.04 bits per heavy atom. The number of pyridine rings is 1. The van der Waals surface area contributed by atoms with Gasteiger partial charge in [0.2, 0.25) is 0 Å². The van der Waals surface area contributed by atoms with Crippen LogP contribution in [0.3, 0.4) is 0 Å². The van der Waals surface area contributed by atoms with Crippen molar-refractivity contribution in [2.75, 3.05) is 6.26 Å². The number of halogens is 3. The second-order valence-corrected chi connectivity index (χ2v) is 7.36. The van der Waals surface area contributed by atoms with E-state index in [9.17, 15) is 21.6 Å². The second-order valence-electron chi connectivity index (χ2n) is 5.35. The first kappa shape index (κ1) is 17.2. The van der Waals surface area contributed by atoms with E-state index >= 15 is 0 Å². The van der Waals surface area contributed by atoms with Crippen molar-refractivity contribution in [3.05, 3.63) is 54.5 Å². The van der Waals surface area contributed by atoms with Crippen molar-refractivity contribution < 1.29 is 21.6 Å². The van der Waals surface area contributed by atoms with Crippen LogP contribution < -0.4 is 0 Å². The molecule has 0 aliphatic heterocycles. The molecule has 0 unspecified atom stereocenters. The quantitative estimate of drug-likeness (QED) is 0.768. The summed E-state index contributed by atoms with van der Waals surface area (Å²) in [5.74, 6) is 0.0302. The van der Waals surface area contributed by atoms with Gasteiger partial charge < -0.3 is 4.98 Å². The molecule has 3 aromatic rings. The van der Waals surface area contributed by atoms with Crippen LogP contribution in [0.15, 0.2) is 53.7 Å². The highest BCUT2D eigenvalue weighted by molar-refractivity contribution is 7.90. The van der Waals surface area contributed by atoms with Gasteiger partial charge in [-0.2, -0.15) is 13.2 Å². The fraction of sp³-hybridized carbons (Fsp3) is 0.125. The van der Waals surface area contributed by atoms with Crippen molar-refractivity contribution in [2.24, 2.45) is 0 Å². The normalized spacial score (nSPS) is 12.3. The first-order chi connectivity index (χ1) is 11.7. The molecule has 130 valence electrons. The molecule has 0 saturated carbocycles. The van der Waals surface area contributed by atoms with Gasteiger partial charge in [0.1, 0.15) is 5.82 Å². The molecule has 2 aromatic heterocycles. The number of imidazole rings is 1. The van der Waals surface area contributed by atoms with E-state index in [0.717, 1.165) is 6.26 Å². The summed E-state index contributed by atoms with van der Waals surface area (Å²) in [6.45, 7) is 0. The standard InChI is InChI=1S/C16H12F3N3O2S/c1-25(23,24)12-6-4-10(5-7-12)13-14(16(17,18)19)22-15(21-13)11-3-2-8-20-9-11/h2-9H,1H3,(H,21,22). The van der Waals surface area contributed by atoms with Crippen LogP contribution in [0.5, 0.6) is 0 Å². The van der Waals surface area contributed by atoms with Gasteiger partial charge in [0.25, 0.3) is 0 Å². The molecule has 0 fully saturated rings. The minimum Gasteiger partial charge on any atom is -0.337 e. The molecule has 0 aliphatic carbocycles. The average molecular weight is 367 g/mol. The smallest absolute Gasteiger partial charge is 0.337 e. The van der Waals surface area contributed by atoms with E-state index in [1.54, 1.807) is 12.1 Å². The summed E-state index contributed by atoms with van der Waals surface area (Å²) in [6, 6.07) is 8.32. The maximum Gasteiger partial charge on any atom is 0.435 e. The van der Waals surface area contributed by atoms with E-state index in [0.29, 0.717) is 5.56 Å². The minimum absolute atomic E-state index is 0.0248. The average Bonchev–Trinajstić information content (AvgIpc) is 3.01. The van der Waals surface area contributed by atoms with E-state index in [-0.39, 0.29) is 22.0 Å². The Balaban J connectivity index is 2.13. The largest absolute Gasteiger partial charge is 0.435 e. The first-order valence-electron chi connectivity index (χ1n) is 7.04. The van der Waals surface area contributed by atoms with Gasteiger partial charge in [0, 0.05) is 29.8 Å². The number of aromatic nitrogens is 3. The Bertz CT molecular complexity index is 995. The highest BCUT2D eigenvalue weighted by Gasteiger charge is 2.38. The van der Waals surface area contributed by atoms with E-state index in [1.807, 2.05) is 0 Å². The van der Waals surface area contributed by atoms with Gasteiger partial charge in [-0.05, 0) is 24.3 Å². The maximum absolute atomic E-state index is 13.3. The van der Waals surface area contributed by atoms with Crippen molar-refractivity contribution in [3.8, 4) is 22.6 Å². The van der Waals surface area contributed by atoms with Crippen LogP contribution >= 0.6 is 0 Å². The van der Waals surface area contributed by atoms with Gasteiger partial charge in [-0.1, -0.05) is 12.1 Å². The SMILES string of the molecule is CS(=O)(=O)c1ccc(-c2[nH]c(-c3cccnc3)nc2C(F)(F)F)cc1. The number of sulfone groups is 1. The Morgan fingerprint density at radius 3 is 2.24 bits per heavy atom. The van der Waals surface area contributed by atoms with Crippen molar-refractivity contribution in [1.82, 2.24) is 15.0 Å². The summed E-state index contributed by atoms with van der Waals surface area (Å²) in [5.41, 5.74) is -0.709. The Hall–Kier alpha value is -2.68. The van der Waals surface area contributed by atoms with Crippen LogP contribution in [0, 0.1) is 0 Å². The number of H-pyrrole nitrogens is 1. The predicted octanol–water partition coefficient (Wildman–Crippen LogP) is 3.56. The van der Waals surface area contributed by atoms with Crippen LogP contribution in [0.4, 0.5) is 13.2 Å². The monoisotopic (exact) mass is 367 g/mol. The molecule has 1 N–H and O–H groups in total. The summed E-state index contributed by atoms with van der Waals surface area (Å²) in [5, 5.41) is 0. The zero-order chi connectivity index (χ0) is 18.2. The predicted molar refractivity (Wildman–Crippen MR) is 85.4 cm³/mol. The topological polar surface area (TPSA) is 75.7 Å². The number of rotatable bonds is 3. The summed E-state index contributed by atoms with van der Waals surface area (Å²) in [6.07, 6.45) is -0.737. The summed E-state index contributed by atoms with van der Waals surface area (Å²) in [4.78, 5) is 10.2. The van der Waals surface area contributed by atoms with E-state index in [4.69, 9.17) is 0 Å². The van der Waals surface area contributed by atoms with Crippen molar-refractivity contribution in [1.29, 1.82) is 0 Å². The molecule has 5 nitrogen and oxygen atoms in total. The molecule has 0 amide bonds. The summed E-state index contributed by atoms with van der Waals surface area (Å²) in [7, 11) is -3.43. The summed E-state index contributed by atoms with van der Waals surface area (Å²) < 4.78 is 63.0. The molecule has 9 heteroatoms. The zero-order valence-corrected chi connectivity index (χ0v) is 13.7. The zero-order valence-electron chi connectivity index (χ0n) is 12.9. The minimum atomic E-state index is -4.66. The molecule has 0 spiro atoms. The van der Waals surface area contributed by atoms with E-state index in [2.05, 4.69) is 15.0 Å². The lowest BCUT2D eigenvalue weighted by atomic mass is 10.1. The molecule has 1 aromatic carbocycles. The third kappa shape index (κ3) is 3.55. The van der Waals surface area contributed by atoms with Gasteiger partial charge in [-0.25, -0.2) is 13.4 Å². The molecule has 0 radical (unpaired) electrons. The lowest BCUT2D eigenvalue weighted by Crippen LogP contribution is -2.07. The number of benzene rings is 1. The molecule has 0 bridgehead atoms. The van der Waals surface area contributed by atoms with Crippen LogP contribution in [0.1, 0.15) is 5.69 Å². The van der Waals surface area contributed by atoms with E-state index in [1.165, 1.54) is 36.7 Å². The highest BCUT2D eigenvalue weighted by Crippen LogP contribution is 2.37. The molecule has 0 saturated heterocycles. The van der Waals surface area contributed by atoms with Crippen LogP contribution in [0.25, 0.3) is 22.6 Å². The number of nitrogens with one attached hydrogen (secondary N) is 1. The molecular formula is C16H12F3N3O2S. The number of nitrogens with zero attached hydrogens (tertiary/aromatic N) is 2. The Morgan fingerprint density at radius 2 is 1.72 bits per heavy atom. The number of hydrogen-bond acceptors (Lipinski definition) is 4. The second kappa shape index (κ2) is 5.99. The fourth-order valence-corrected chi connectivity index (χ4v) is 2.93. The van der Waals surface area contributed by atoms with Crippen molar-refractivity contribution in [3.63, 3.8) is 0 Å². The van der Waals surface area contributed by atoms with Crippen molar-refractivity contribution >= 4 is 9.84 Å². The first-order valence-corrected chi connectivity index (χ1v) is 8.93. The molecule has 0 aliphatic rings. The molecule has 25 heavy (non-hydrogen) atoms. The number of hydrogen-bond donors (Lipinski definition) is 1. The fourth-order valence-electron chi connectivity index (χ4n) is 2.30. The maximum atomic E-state index is 13.3.